The minimum absolute atomic E-state index is 0.0576. The summed E-state index contributed by atoms with van der Waals surface area (Å²) >= 11 is 0. The van der Waals surface area contributed by atoms with E-state index >= 15 is 0 Å². The van der Waals surface area contributed by atoms with Gasteiger partial charge in [0.2, 0.25) is 5.91 Å². The van der Waals surface area contributed by atoms with E-state index in [0.717, 1.165) is 12.1 Å². The molecule has 2 aromatic rings. The fourth-order valence-electron chi connectivity index (χ4n) is 2.39. The van der Waals surface area contributed by atoms with E-state index in [4.69, 9.17) is 0 Å². The van der Waals surface area contributed by atoms with E-state index < -0.39 is 0 Å². The molecule has 0 aliphatic rings. The highest BCUT2D eigenvalue weighted by atomic mass is 16.1. The Hall–Kier alpha value is -2.16. The number of aryl methyl sites for hydroxylation is 3. The number of aromatic nitrogens is 1. The first-order chi connectivity index (χ1) is 10.1. The molecule has 21 heavy (non-hydrogen) atoms. The molecule has 2 rings (SSSR count). The first-order valence-electron chi connectivity index (χ1n) is 7.32. The molecule has 0 spiro atoms. The van der Waals surface area contributed by atoms with Gasteiger partial charge in [-0.2, -0.15) is 0 Å². The van der Waals surface area contributed by atoms with Crippen LogP contribution in [0.2, 0.25) is 0 Å². The smallest absolute Gasteiger partial charge is 0.220 e. The average molecular weight is 282 g/mol. The number of nitrogens with one attached hydrogen (secondary N) is 1. The highest BCUT2D eigenvalue weighted by molar-refractivity contribution is 5.76. The highest BCUT2D eigenvalue weighted by Gasteiger charge is 2.10. The van der Waals surface area contributed by atoms with Gasteiger partial charge in [-0.15, -0.1) is 0 Å². The Morgan fingerprint density at radius 1 is 1.24 bits per heavy atom. The number of pyridine rings is 1. The van der Waals surface area contributed by atoms with Crippen LogP contribution in [0.1, 0.15) is 41.8 Å². The van der Waals surface area contributed by atoms with Gasteiger partial charge in [0, 0.05) is 12.6 Å². The van der Waals surface area contributed by atoms with Crippen molar-refractivity contribution in [3.63, 3.8) is 0 Å². The average Bonchev–Trinajstić information content (AvgIpc) is 2.47. The second kappa shape index (κ2) is 7.02. The zero-order valence-electron chi connectivity index (χ0n) is 12.9. The molecule has 0 saturated heterocycles. The molecule has 110 valence electrons. The molecule has 1 aromatic carbocycles. The molecule has 0 bridgehead atoms. The van der Waals surface area contributed by atoms with E-state index in [1.165, 1.54) is 16.7 Å². The van der Waals surface area contributed by atoms with E-state index in [-0.39, 0.29) is 11.9 Å². The summed E-state index contributed by atoms with van der Waals surface area (Å²) in [4.78, 5) is 16.3. The molecule has 0 aliphatic heterocycles. The number of carbonyl (C=O) groups excluding carboxylic acids is 1. The lowest BCUT2D eigenvalue weighted by Gasteiger charge is -2.13. The van der Waals surface area contributed by atoms with Gasteiger partial charge in [0.25, 0.3) is 0 Å². The first-order valence-corrected chi connectivity index (χ1v) is 7.32. The van der Waals surface area contributed by atoms with Crippen LogP contribution in [0.15, 0.2) is 42.6 Å². The molecule has 0 saturated carbocycles. The van der Waals surface area contributed by atoms with E-state index in [9.17, 15) is 4.79 Å². The van der Waals surface area contributed by atoms with Crippen molar-refractivity contribution in [1.29, 1.82) is 0 Å². The molecule has 1 N–H and O–H groups in total. The molecule has 1 amide bonds. The van der Waals surface area contributed by atoms with Crippen LogP contribution in [0.4, 0.5) is 0 Å². The number of hydrogen-bond acceptors (Lipinski definition) is 2. The fraction of sp³-hybridized carbons (Fsp3) is 0.333. The van der Waals surface area contributed by atoms with Gasteiger partial charge in [-0.05, 0) is 50.5 Å². The van der Waals surface area contributed by atoms with Crippen molar-refractivity contribution in [2.24, 2.45) is 0 Å². The third-order valence-corrected chi connectivity index (χ3v) is 3.63. The van der Waals surface area contributed by atoms with Crippen LogP contribution < -0.4 is 5.32 Å². The lowest BCUT2D eigenvalue weighted by molar-refractivity contribution is -0.121. The Kier molecular flexibility index (Phi) is 5.09. The van der Waals surface area contributed by atoms with Gasteiger partial charge in [0.1, 0.15) is 0 Å². The van der Waals surface area contributed by atoms with Gasteiger partial charge < -0.3 is 5.32 Å². The summed E-state index contributed by atoms with van der Waals surface area (Å²) in [6, 6.07) is 12.0. The Labute approximate surface area is 126 Å². The molecule has 1 aromatic heterocycles. The van der Waals surface area contributed by atoms with Gasteiger partial charge in [0.05, 0.1) is 11.7 Å². The number of rotatable bonds is 5. The minimum atomic E-state index is -0.0576. The summed E-state index contributed by atoms with van der Waals surface area (Å²) in [5, 5.41) is 3.00. The Morgan fingerprint density at radius 2 is 2.05 bits per heavy atom. The fourth-order valence-corrected chi connectivity index (χ4v) is 2.39. The summed E-state index contributed by atoms with van der Waals surface area (Å²) in [5.74, 6) is 0.0631. The summed E-state index contributed by atoms with van der Waals surface area (Å²) in [7, 11) is 0. The van der Waals surface area contributed by atoms with Gasteiger partial charge in [-0.25, -0.2) is 0 Å². The second-order valence-corrected chi connectivity index (χ2v) is 5.47. The van der Waals surface area contributed by atoms with Crippen molar-refractivity contribution >= 4 is 5.91 Å². The summed E-state index contributed by atoms with van der Waals surface area (Å²) in [6.07, 6.45) is 3.02. The summed E-state index contributed by atoms with van der Waals surface area (Å²) in [5.41, 5.74) is 4.63. The molecular weight excluding hydrogens is 260 g/mol. The Bertz CT molecular complexity index is 608. The molecule has 1 unspecified atom stereocenters. The van der Waals surface area contributed by atoms with Crippen molar-refractivity contribution in [2.75, 3.05) is 0 Å². The standard InChI is InChI=1S/C18H22N2O/c1-13-7-8-16(14(2)12-13)9-10-18(21)20-15(3)17-6-4-5-11-19-17/h4-8,11-12,15H,9-10H2,1-3H3,(H,20,21). The predicted molar refractivity (Wildman–Crippen MR) is 85.0 cm³/mol. The zero-order chi connectivity index (χ0) is 15.2. The number of hydrogen-bond donors (Lipinski definition) is 1. The summed E-state index contributed by atoms with van der Waals surface area (Å²) < 4.78 is 0. The molecule has 1 atom stereocenters. The van der Waals surface area contributed by atoms with Gasteiger partial charge >= 0.3 is 0 Å². The quantitative estimate of drug-likeness (QED) is 0.912. The van der Waals surface area contributed by atoms with Crippen molar-refractivity contribution in [3.8, 4) is 0 Å². The molecule has 1 heterocycles. The predicted octanol–water partition coefficient (Wildman–Crippen LogP) is 3.51. The molecule has 3 nitrogen and oxygen atoms in total. The molecular formula is C18H22N2O. The third-order valence-electron chi connectivity index (χ3n) is 3.63. The van der Waals surface area contributed by atoms with Crippen LogP contribution in [-0.4, -0.2) is 10.9 Å². The maximum Gasteiger partial charge on any atom is 0.220 e. The largest absolute Gasteiger partial charge is 0.348 e. The van der Waals surface area contributed by atoms with Crippen molar-refractivity contribution in [3.05, 3.63) is 65.0 Å². The molecule has 3 heteroatoms. The molecule has 0 aliphatic carbocycles. The Morgan fingerprint density at radius 3 is 2.71 bits per heavy atom. The maximum atomic E-state index is 12.0. The van der Waals surface area contributed by atoms with Crippen LogP contribution in [-0.2, 0) is 11.2 Å². The summed E-state index contributed by atoms with van der Waals surface area (Å²) in [6.45, 7) is 6.13. The van der Waals surface area contributed by atoms with Crippen molar-refractivity contribution in [1.82, 2.24) is 10.3 Å². The second-order valence-electron chi connectivity index (χ2n) is 5.47. The number of carbonyl (C=O) groups is 1. The van der Waals surface area contributed by atoms with Crippen molar-refractivity contribution < 1.29 is 4.79 Å². The van der Waals surface area contributed by atoms with Crippen molar-refractivity contribution in [2.45, 2.75) is 39.7 Å². The highest BCUT2D eigenvalue weighted by Crippen LogP contribution is 2.13. The lowest BCUT2D eigenvalue weighted by Crippen LogP contribution is -2.27. The topological polar surface area (TPSA) is 42.0 Å². The van der Waals surface area contributed by atoms with Gasteiger partial charge in [0.15, 0.2) is 0 Å². The van der Waals surface area contributed by atoms with E-state index in [2.05, 4.69) is 42.3 Å². The van der Waals surface area contributed by atoms with E-state index in [1.807, 2.05) is 25.1 Å². The number of nitrogens with zero attached hydrogens (tertiary/aromatic N) is 1. The van der Waals surface area contributed by atoms with Crippen LogP contribution in [0.25, 0.3) is 0 Å². The lowest BCUT2D eigenvalue weighted by atomic mass is 10.0. The normalized spacial score (nSPS) is 12.0. The zero-order valence-corrected chi connectivity index (χ0v) is 12.9. The van der Waals surface area contributed by atoms with Gasteiger partial charge in [-0.1, -0.05) is 29.8 Å². The molecule has 0 radical (unpaired) electrons. The van der Waals surface area contributed by atoms with E-state index in [1.54, 1.807) is 6.20 Å². The van der Waals surface area contributed by atoms with Crippen LogP contribution in [0, 0.1) is 13.8 Å². The monoisotopic (exact) mass is 282 g/mol. The maximum absolute atomic E-state index is 12.0. The molecule has 0 fully saturated rings. The minimum Gasteiger partial charge on any atom is -0.348 e. The first kappa shape index (κ1) is 15.2. The third kappa shape index (κ3) is 4.42. The SMILES string of the molecule is Cc1ccc(CCC(=O)NC(C)c2ccccn2)c(C)c1. The van der Waals surface area contributed by atoms with Crippen LogP contribution in [0.5, 0.6) is 0 Å². The van der Waals surface area contributed by atoms with E-state index in [0.29, 0.717) is 6.42 Å². The van der Waals surface area contributed by atoms with Gasteiger partial charge in [-0.3, -0.25) is 9.78 Å². The number of amides is 1. The number of benzene rings is 1. The van der Waals surface area contributed by atoms with Crippen LogP contribution >= 0.6 is 0 Å². The Balaban J connectivity index is 1.87. The van der Waals surface area contributed by atoms with Crippen LogP contribution in [0.3, 0.4) is 0 Å².